The van der Waals surface area contributed by atoms with Gasteiger partial charge < -0.3 is 15.5 Å². The van der Waals surface area contributed by atoms with Gasteiger partial charge in [0.05, 0.1) is 17.3 Å². The lowest BCUT2D eigenvalue weighted by molar-refractivity contribution is -0.121. The molecule has 2 N–H and O–H groups in total. The number of nitrogens with zero attached hydrogens (tertiary/aromatic N) is 3. The van der Waals surface area contributed by atoms with Crippen molar-refractivity contribution in [3.05, 3.63) is 90.0 Å². The number of hydrogen-bond donors (Lipinski definition) is 2. The molecule has 3 aromatic carbocycles. The summed E-state index contributed by atoms with van der Waals surface area (Å²) >= 11 is 0. The van der Waals surface area contributed by atoms with E-state index >= 15 is 0 Å². The first-order valence-corrected chi connectivity index (χ1v) is 9.80. The van der Waals surface area contributed by atoms with Crippen molar-refractivity contribution < 1.29 is 14.4 Å². The smallest absolute Gasteiger partial charge is 0.265 e. The number of fused-ring (bicyclic) bond motifs is 1. The third-order valence-electron chi connectivity index (χ3n) is 4.73. The Kier molecular flexibility index (Phi) is 5.89. The van der Waals surface area contributed by atoms with Gasteiger partial charge in [-0.15, -0.1) is 5.10 Å². The third kappa shape index (κ3) is 4.69. The summed E-state index contributed by atoms with van der Waals surface area (Å²) in [7, 11) is 0. The quantitative estimate of drug-likeness (QED) is 0.484. The van der Waals surface area contributed by atoms with E-state index in [2.05, 4.69) is 20.9 Å². The SMILES string of the molecule is C[C@H](NC(=O)c1ccccc1NC(=O)COn1nnc2ccccc21)c1ccccc1. The molecule has 0 fully saturated rings. The summed E-state index contributed by atoms with van der Waals surface area (Å²) in [4.78, 5) is 31.9. The van der Waals surface area contributed by atoms with Crippen LogP contribution in [0, 0.1) is 0 Å². The van der Waals surface area contributed by atoms with Crippen LogP contribution in [-0.4, -0.2) is 33.6 Å². The molecular formula is C23H21N5O3. The van der Waals surface area contributed by atoms with Gasteiger partial charge in [0.15, 0.2) is 6.61 Å². The van der Waals surface area contributed by atoms with E-state index in [0.717, 1.165) is 5.56 Å². The molecule has 2 amide bonds. The molecule has 0 radical (unpaired) electrons. The van der Waals surface area contributed by atoms with E-state index in [9.17, 15) is 9.59 Å². The van der Waals surface area contributed by atoms with Crippen molar-refractivity contribution >= 4 is 28.5 Å². The van der Waals surface area contributed by atoms with Crippen molar-refractivity contribution in [2.45, 2.75) is 13.0 Å². The molecule has 0 spiro atoms. The highest BCUT2D eigenvalue weighted by atomic mass is 16.7. The molecular weight excluding hydrogens is 394 g/mol. The maximum absolute atomic E-state index is 12.8. The Morgan fingerprint density at radius 2 is 1.68 bits per heavy atom. The summed E-state index contributed by atoms with van der Waals surface area (Å²) < 4.78 is 0. The molecule has 1 atom stereocenters. The van der Waals surface area contributed by atoms with Gasteiger partial charge in [-0.3, -0.25) is 9.59 Å². The lowest BCUT2D eigenvalue weighted by atomic mass is 10.1. The van der Waals surface area contributed by atoms with E-state index in [1.165, 1.54) is 4.85 Å². The molecule has 156 valence electrons. The van der Waals surface area contributed by atoms with E-state index in [1.807, 2.05) is 49.4 Å². The van der Waals surface area contributed by atoms with E-state index in [1.54, 1.807) is 36.4 Å². The first kappa shape index (κ1) is 20.1. The molecule has 4 aromatic rings. The molecule has 8 heteroatoms. The molecule has 0 saturated heterocycles. The van der Waals surface area contributed by atoms with Crippen molar-refractivity contribution in [3.63, 3.8) is 0 Å². The lowest BCUT2D eigenvalue weighted by Crippen LogP contribution is -2.29. The number of carbonyl (C=O) groups is 2. The van der Waals surface area contributed by atoms with Crippen LogP contribution in [0.15, 0.2) is 78.9 Å². The summed E-state index contributed by atoms with van der Waals surface area (Å²) in [5.74, 6) is -0.702. The number of hydrogen-bond acceptors (Lipinski definition) is 5. The molecule has 0 aliphatic heterocycles. The van der Waals surface area contributed by atoms with Crippen LogP contribution in [0.1, 0.15) is 28.9 Å². The maximum atomic E-state index is 12.8. The van der Waals surface area contributed by atoms with Gasteiger partial charge in [0.1, 0.15) is 11.0 Å². The van der Waals surface area contributed by atoms with Crippen LogP contribution in [0.25, 0.3) is 11.0 Å². The number of anilines is 1. The second kappa shape index (κ2) is 9.08. The standard InChI is InChI=1S/C23H21N5O3/c1-16(17-9-3-2-4-10-17)24-23(30)18-11-5-6-12-19(18)25-22(29)15-31-28-21-14-8-7-13-20(21)26-27-28/h2-14,16H,15H2,1H3,(H,24,30)(H,25,29)/t16-/m0/s1. The molecule has 0 bridgehead atoms. The minimum atomic E-state index is -0.420. The fourth-order valence-corrected chi connectivity index (χ4v) is 3.14. The molecule has 0 unspecified atom stereocenters. The van der Waals surface area contributed by atoms with Gasteiger partial charge >= 0.3 is 0 Å². The zero-order chi connectivity index (χ0) is 21.6. The number of para-hydroxylation sites is 2. The van der Waals surface area contributed by atoms with Crippen LogP contribution in [0.3, 0.4) is 0 Å². The number of rotatable bonds is 7. The van der Waals surface area contributed by atoms with Crippen LogP contribution < -0.4 is 15.5 Å². The largest absolute Gasteiger partial charge is 0.385 e. The van der Waals surface area contributed by atoms with Crippen molar-refractivity contribution in [3.8, 4) is 0 Å². The summed E-state index contributed by atoms with van der Waals surface area (Å²) in [5.41, 5.74) is 3.08. The van der Waals surface area contributed by atoms with E-state index in [4.69, 9.17) is 4.84 Å². The second-order valence-corrected chi connectivity index (χ2v) is 6.92. The molecule has 31 heavy (non-hydrogen) atoms. The van der Waals surface area contributed by atoms with Crippen LogP contribution in [0.4, 0.5) is 5.69 Å². The second-order valence-electron chi connectivity index (χ2n) is 6.92. The Balaban J connectivity index is 1.40. The van der Waals surface area contributed by atoms with Gasteiger partial charge in [-0.25, -0.2) is 0 Å². The first-order chi connectivity index (χ1) is 15.1. The van der Waals surface area contributed by atoms with E-state index in [-0.39, 0.29) is 18.6 Å². The number of carbonyl (C=O) groups excluding carboxylic acids is 2. The maximum Gasteiger partial charge on any atom is 0.265 e. The Morgan fingerprint density at radius 1 is 0.968 bits per heavy atom. The Morgan fingerprint density at radius 3 is 2.52 bits per heavy atom. The first-order valence-electron chi connectivity index (χ1n) is 9.80. The highest BCUT2D eigenvalue weighted by Crippen LogP contribution is 2.18. The molecule has 8 nitrogen and oxygen atoms in total. The summed E-state index contributed by atoms with van der Waals surface area (Å²) in [6.07, 6.45) is 0. The van der Waals surface area contributed by atoms with Gasteiger partial charge in [0, 0.05) is 0 Å². The monoisotopic (exact) mass is 415 g/mol. The molecule has 1 heterocycles. The highest BCUT2D eigenvalue weighted by Gasteiger charge is 2.16. The fourth-order valence-electron chi connectivity index (χ4n) is 3.14. The predicted octanol–water partition coefficient (Wildman–Crippen LogP) is 2.99. The van der Waals surface area contributed by atoms with Gasteiger partial charge in [-0.2, -0.15) is 0 Å². The molecule has 0 saturated carbocycles. The van der Waals surface area contributed by atoms with Gasteiger partial charge in [0.25, 0.3) is 11.8 Å². The Bertz CT molecular complexity index is 1210. The predicted molar refractivity (Wildman–Crippen MR) is 116 cm³/mol. The van der Waals surface area contributed by atoms with Crippen LogP contribution in [0.5, 0.6) is 0 Å². The van der Waals surface area contributed by atoms with Crippen LogP contribution in [0.2, 0.25) is 0 Å². The van der Waals surface area contributed by atoms with Crippen LogP contribution >= 0.6 is 0 Å². The normalized spacial score (nSPS) is 11.6. The van der Waals surface area contributed by atoms with Gasteiger partial charge in [0.2, 0.25) is 0 Å². The van der Waals surface area contributed by atoms with Crippen molar-refractivity contribution in [1.29, 1.82) is 0 Å². The summed E-state index contributed by atoms with van der Waals surface area (Å²) in [6.45, 7) is 1.62. The van der Waals surface area contributed by atoms with Crippen molar-refractivity contribution in [2.24, 2.45) is 0 Å². The van der Waals surface area contributed by atoms with Crippen LogP contribution in [-0.2, 0) is 4.79 Å². The van der Waals surface area contributed by atoms with Gasteiger partial charge in [-0.1, -0.05) is 59.4 Å². The molecule has 0 aliphatic carbocycles. The third-order valence-corrected chi connectivity index (χ3v) is 4.73. The zero-order valence-electron chi connectivity index (χ0n) is 16.9. The average molecular weight is 415 g/mol. The molecule has 4 rings (SSSR count). The fraction of sp³-hybridized carbons (Fsp3) is 0.130. The average Bonchev–Trinajstić information content (AvgIpc) is 3.22. The van der Waals surface area contributed by atoms with E-state index < -0.39 is 5.91 Å². The number of amides is 2. The number of nitrogens with one attached hydrogen (secondary N) is 2. The Labute approximate surface area is 178 Å². The van der Waals surface area contributed by atoms with Gasteiger partial charge in [-0.05, 0) is 42.0 Å². The lowest BCUT2D eigenvalue weighted by Gasteiger charge is -2.16. The topological polar surface area (TPSA) is 98.1 Å². The minimum Gasteiger partial charge on any atom is -0.385 e. The Hall–Kier alpha value is -4.20. The number of aromatic nitrogens is 3. The van der Waals surface area contributed by atoms with Crippen molar-refractivity contribution in [2.75, 3.05) is 11.9 Å². The summed E-state index contributed by atoms with van der Waals surface area (Å²) in [6, 6.07) is 23.6. The van der Waals surface area contributed by atoms with Crippen molar-refractivity contribution in [1.82, 2.24) is 20.5 Å². The summed E-state index contributed by atoms with van der Waals surface area (Å²) in [5, 5.41) is 13.5. The molecule has 0 aliphatic rings. The zero-order valence-corrected chi connectivity index (χ0v) is 16.9. The number of benzene rings is 3. The highest BCUT2D eigenvalue weighted by molar-refractivity contribution is 6.04. The van der Waals surface area contributed by atoms with E-state index in [0.29, 0.717) is 22.3 Å². The minimum absolute atomic E-state index is 0.179. The molecule has 1 aromatic heterocycles.